The van der Waals surface area contributed by atoms with Crippen molar-refractivity contribution >= 4 is 33.7 Å². The van der Waals surface area contributed by atoms with Crippen molar-refractivity contribution in [1.29, 1.82) is 0 Å². The van der Waals surface area contributed by atoms with Crippen molar-refractivity contribution in [2.75, 3.05) is 0 Å². The number of rotatable bonds is 5. The predicted molar refractivity (Wildman–Crippen MR) is 83.2 cm³/mol. The molecule has 0 aliphatic heterocycles. The summed E-state index contributed by atoms with van der Waals surface area (Å²) in [6.45, 7) is 4.23. The van der Waals surface area contributed by atoms with E-state index in [2.05, 4.69) is 18.8 Å². The second kappa shape index (κ2) is 6.64. The van der Waals surface area contributed by atoms with Gasteiger partial charge in [-0.1, -0.05) is 37.6 Å². The Hall–Kier alpha value is -0.710. The Labute approximate surface area is 125 Å². The summed E-state index contributed by atoms with van der Waals surface area (Å²) in [5, 5.41) is 3.80. The molecule has 0 amide bonds. The zero-order chi connectivity index (χ0) is 13.8. The van der Waals surface area contributed by atoms with Gasteiger partial charge in [0.25, 0.3) is 0 Å². The third-order valence-corrected chi connectivity index (χ3v) is 5.29. The van der Waals surface area contributed by atoms with Crippen molar-refractivity contribution < 1.29 is 4.21 Å². The van der Waals surface area contributed by atoms with Crippen molar-refractivity contribution in [1.82, 2.24) is 4.98 Å². The van der Waals surface area contributed by atoms with Gasteiger partial charge in [0.1, 0.15) is 0 Å². The van der Waals surface area contributed by atoms with E-state index in [-0.39, 0.29) is 0 Å². The summed E-state index contributed by atoms with van der Waals surface area (Å²) >= 11 is 7.56. The SMILES string of the molecule is CC(C)c1nc(C[S@@](=O)Cc2cccc(Cl)c2)cs1. The molecule has 5 heteroatoms. The number of halogens is 1. The van der Waals surface area contributed by atoms with Gasteiger partial charge in [0.05, 0.1) is 16.5 Å². The number of nitrogens with zero attached hydrogens (tertiary/aromatic N) is 1. The molecule has 19 heavy (non-hydrogen) atoms. The second-order valence-corrected chi connectivity index (χ2v) is 7.47. The summed E-state index contributed by atoms with van der Waals surface area (Å²) in [7, 11) is -0.945. The van der Waals surface area contributed by atoms with Gasteiger partial charge in [0, 0.05) is 32.9 Å². The van der Waals surface area contributed by atoms with Crippen LogP contribution in [0.4, 0.5) is 0 Å². The summed E-state index contributed by atoms with van der Waals surface area (Å²) < 4.78 is 12.1. The van der Waals surface area contributed by atoms with E-state index in [0.717, 1.165) is 16.3 Å². The summed E-state index contributed by atoms with van der Waals surface area (Å²) in [6, 6.07) is 7.52. The molecule has 0 saturated carbocycles. The molecule has 0 unspecified atom stereocenters. The molecule has 102 valence electrons. The maximum absolute atomic E-state index is 12.1. The zero-order valence-electron chi connectivity index (χ0n) is 10.9. The molecule has 2 aromatic rings. The van der Waals surface area contributed by atoms with Gasteiger partial charge in [-0.25, -0.2) is 4.98 Å². The highest BCUT2D eigenvalue weighted by Gasteiger charge is 2.09. The van der Waals surface area contributed by atoms with Gasteiger partial charge in [-0.05, 0) is 17.7 Å². The lowest BCUT2D eigenvalue weighted by Crippen LogP contribution is -2.00. The third-order valence-electron chi connectivity index (χ3n) is 2.59. The van der Waals surface area contributed by atoms with Gasteiger partial charge < -0.3 is 0 Å². The van der Waals surface area contributed by atoms with Crippen LogP contribution >= 0.6 is 22.9 Å². The van der Waals surface area contributed by atoms with Gasteiger partial charge >= 0.3 is 0 Å². The van der Waals surface area contributed by atoms with E-state index in [1.165, 1.54) is 0 Å². The van der Waals surface area contributed by atoms with Crippen LogP contribution in [0.2, 0.25) is 5.02 Å². The fourth-order valence-electron chi connectivity index (χ4n) is 1.68. The molecule has 0 aliphatic rings. The van der Waals surface area contributed by atoms with Crippen LogP contribution in [0, 0.1) is 0 Å². The Bertz CT molecular complexity index is 580. The number of hydrogen-bond donors (Lipinski definition) is 0. The number of benzene rings is 1. The average Bonchev–Trinajstić information content (AvgIpc) is 2.77. The van der Waals surface area contributed by atoms with Gasteiger partial charge in [0.2, 0.25) is 0 Å². The van der Waals surface area contributed by atoms with Crippen LogP contribution in [0.15, 0.2) is 29.6 Å². The minimum Gasteiger partial charge on any atom is -0.259 e. The highest BCUT2D eigenvalue weighted by Crippen LogP contribution is 2.20. The average molecular weight is 314 g/mol. The normalized spacial score (nSPS) is 12.8. The lowest BCUT2D eigenvalue weighted by molar-refractivity contribution is 0.681. The Morgan fingerprint density at radius 2 is 2.16 bits per heavy atom. The predicted octanol–water partition coefficient (Wildman–Crippen LogP) is 4.37. The lowest BCUT2D eigenvalue weighted by Gasteiger charge is -2.02. The van der Waals surface area contributed by atoms with E-state index in [1.54, 1.807) is 11.3 Å². The topological polar surface area (TPSA) is 30.0 Å². The lowest BCUT2D eigenvalue weighted by atomic mass is 10.2. The summed E-state index contributed by atoms with van der Waals surface area (Å²) in [6.07, 6.45) is 0. The van der Waals surface area contributed by atoms with Crippen LogP contribution in [0.1, 0.15) is 36.0 Å². The quantitative estimate of drug-likeness (QED) is 0.820. The molecule has 0 aliphatic carbocycles. The molecule has 1 aromatic heterocycles. The minimum absolute atomic E-state index is 0.431. The molecular weight excluding hydrogens is 298 g/mol. The van der Waals surface area contributed by atoms with Gasteiger partial charge in [-0.15, -0.1) is 11.3 Å². The van der Waals surface area contributed by atoms with Crippen LogP contribution in [0.5, 0.6) is 0 Å². The van der Waals surface area contributed by atoms with Crippen LogP contribution < -0.4 is 0 Å². The van der Waals surface area contributed by atoms with Crippen molar-refractivity contribution in [3.63, 3.8) is 0 Å². The van der Waals surface area contributed by atoms with Crippen molar-refractivity contribution in [3.8, 4) is 0 Å². The minimum atomic E-state index is -0.945. The summed E-state index contributed by atoms with van der Waals surface area (Å²) in [5.74, 6) is 1.46. The van der Waals surface area contributed by atoms with Gasteiger partial charge in [-0.2, -0.15) is 0 Å². The van der Waals surface area contributed by atoms with E-state index >= 15 is 0 Å². The van der Waals surface area contributed by atoms with E-state index in [9.17, 15) is 4.21 Å². The van der Waals surface area contributed by atoms with Crippen LogP contribution in [0.25, 0.3) is 0 Å². The van der Waals surface area contributed by atoms with Crippen LogP contribution in [-0.4, -0.2) is 9.19 Å². The Balaban J connectivity index is 1.97. The monoisotopic (exact) mass is 313 g/mol. The maximum atomic E-state index is 12.1. The molecule has 1 atom stereocenters. The molecule has 0 saturated heterocycles. The van der Waals surface area contributed by atoms with E-state index < -0.39 is 10.8 Å². The Kier molecular flexibility index (Phi) is 5.13. The first kappa shape index (κ1) is 14.7. The van der Waals surface area contributed by atoms with Crippen molar-refractivity contribution in [2.24, 2.45) is 0 Å². The third kappa shape index (κ3) is 4.41. The first-order valence-corrected chi connectivity index (χ1v) is 8.83. The second-order valence-electron chi connectivity index (χ2n) is 4.69. The summed E-state index contributed by atoms with van der Waals surface area (Å²) in [4.78, 5) is 4.51. The number of aromatic nitrogens is 1. The van der Waals surface area contributed by atoms with Gasteiger partial charge in [-0.3, -0.25) is 4.21 Å². The Morgan fingerprint density at radius 1 is 1.37 bits per heavy atom. The highest BCUT2D eigenvalue weighted by atomic mass is 35.5. The first-order chi connectivity index (χ1) is 9.04. The fourth-order valence-corrected chi connectivity index (χ4v) is 3.97. The Morgan fingerprint density at radius 3 is 2.79 bits per heavy atom. The van der Waals surface area contributed by atoms with E-state index in [4.69, 9.17) is 11.6 Å². The number of thiazole rings is 1. The number of hydrogen-bond acceptors (Lipinski definition) is 3. The largest absolute Gasteiger partial charge is 0.259 e. The molecule has 1 heterocycles. The smallest absolute Gasteiger partial charge is 0.0954 e. The molecule has 0 fully saturated rings. The van der Waals surface area contributed by atoms with E-state index in [0.29, 0.717) is 22.4 Å². The first-order valence-electron chi connectivity index (χ1n) is 6.08. The standard InChI is InChI=1S/C14H16ClNOS2/c1-10(2)14-16-13(7-18-14)9-19(17)8-11-4-3-5-12(15)6-11/h3-7,10H,8-9H2,1-2H3/t19-/m0/s1. The molecule has 0 bridgehead atoms. The summed E-state index contributed by atoms with van der Waals surface area (Å²) in [5.41, 5.74) is 1.93. The zero-order valence-corrected chi connectivity index (χ0v) is 13.3. The fraction of sp³-hybridized carbons (Fsp3) is 0.357. The molecule has 0 N–H and O–H groups in total. The maximum Gasteiger partial charge on any atom is 0.0954 e. The van der Waals surface area contributed by atoms with Crippen molar-refractivity contribution in [2.45, 2.75) is 31.3 Å². The molecule has 2 nitrogen and oxygen atoms in total. The molecule has 1 aromatic carbocycles. The molecule has 0 radical (unpaired) electrons. The van der Waals surface area contributed by atoms with Crippen LogP contribution in [0.3, 0.4) is 0 Å². The highest BCUT2D eigenvalue weighted by molar-refractivity contribution is 7.83. The molecule has 0 spiro atoms. The molecular formula is C14H16ClNOS2. The molecule has 2 rings (SSSR count). The van der Waals surface area contributed by atoms with Crippen LogP contribution in [-0.2, 0) is 22.3 Å². The van der Waals surface area contributed by atoms with Gasteiger partial charge in [0.15, 0.2) is 0 Å². The van der Waals surface area contributed by atoms with E-state index in [1.807, 2.05) is 29.6 Å². The van der Waals surface area contributed by atoms with Crippen molar-refractivity contribution in [3.05, 3.63) is 50.9 Å².